The molecule has 0 saturated heterocycles. The van der Waals surface area contributed by atoms with Crippen LogP contribution in [0.15, 0.2) is 85.2 Å². The Balaban J connectivity index is 1.68. The maximum atomic E-state index is 5.60. The van der Waals surface area contributed by atoms with Crippen molar-refractivity contribution in [1.82, 2.24) is 9.97 Å². The van der Waals surface area contributed by atoms with E-state index in [4.69, 9.17) is 14.5 Å². The lowest BCUT2D eigenvalue weighted by Crippen LogP contribution is -1.98. The Morgan fingerprint density at radius 3 is 2.19 bits per heavy atom. The molecule has 0 bridgehead atoms. The third-order valence-electron chi connectivity index (χ3n) is 5.56. The Morgan fingerprint density at radius 1 is 0.710 bits per heavy atom. The third kappa shape index (κ3) is 3.57. The first-order valence-corrected chi connectivity index (χ1v) is 10.2. The minimum absolute atomic E-state index is 0.693. The van der Waals surface area contributed by atoms with Crippen molar-refractivity contribution < 1.29 is 9.47 Å². The van der Waals surface area contributed by atoms with E-state index in [1.54, 1.807) is 14.2 Å². The highest BCUT2D eigenvalue weighted by Crippen LogP contribution is 2.38. The number of benzene rings is 3. The molecule has 0 radical (unpaired) electrons. The molecule has 0 spiro atoms. The topological polar surface area (TPSA) is 44.2 Å². The molecular formula is C27H22N2O2. The van der Waals surface area contributed by atoms with Crippen molar-refractivity contribution in [3.63, 3.8) is 0 Å². The highest BCUT2D eigenvalue weighted by Gasteiger charge is 2.15. The van der Waals surface area contributed by atoms with Gasteiger partial charge in [-0.2, -0.15) is 0 Å². The van der Waals surface area contributed by atoms with Gasteiger partial charge in [0.05, 0.1) is 25.4 Å². The van der Waals surface area contributed by atoms with E-state index in [0.717, 1.165) is 50.5 Å². The van der Waals surface area contributed by atoms with Crippen LogP contribution in [0.1, 0.15) is 11.1 Å². The Morgan fingerprint density at radius 2 is 1.42 bits per heavy atom. The number of hydrogen-bond acceptors (Lipinski definition) is 4. The maximum absolute atomic E-state index is 5.60. The van der Waals surface area contributed by atoms with Crippen molar-refractivity contribution in [1.29, 1.82) is 0 Å². The van der Waals surface area contributed by atoms with Gasteiger partial charge < -0.3 is 9.47 Å². The zero-order valence-corrected chi connectivity index (χ0v) is 17.5. The molecule has 5 aromatic rings. The smallest absolute Gasteiger partial charge is 0.161 e. The van der Waals surface area contributed by atoms with E-state index in [1.165, 1.54) is 0 Å². The van der Waals surface area contributed by atoms with Gasteiger partial charge in [0.1, 0.15) is 0 Å². The van der Waals surface area contributed by atoms with Crippen LogP contribution in [0, 0.1) is 0 Å². The predicted molar refractivity (Wildman–Crippen MR) is 125 cm³/mol. The zero-order valence-electron chi connectivity index (χ0n) is 17.5. The summed E-state index contributed by atoms with van der Waals surface area (Å²) in [4.78, 5) is 9.47. The summed E-state index contributed by atoms with van der Waals surface area (Å²) in [7, 11) is 3.32. The van der Waals surface area contributed by atoms with E-state index in [2.05, 4.69) is 29.2 Å². The summed E-state index contributed by atoms with van der Waals surface area (Å²) in [5, 5.41) is 3.27. The van der Waals surface area contributed by atoms with Crippen LogP contribution in [0.2, 0.25) is 0 Å². The maximum Gasteiger partial charge on any atom is 0.161 e. The number of pyridine rings is 2. The number of methoxy groups -OCH3 is 2. The number of rotatable bonds is 5. The Hall–Kier alpha value is -3.92. The van der Waals surface area contributed by atoms with Crippen molar-refractivity contribution in [3.8, 4) is 22.8 Å². The molecule has 4 nitrogen and oxygen atoms in total. The average molecular weight is 406 g/mol. The molecule has 5 rings (SSSR count). The highest BCUT2D eigenvalue weighted by molar-refractivity contribution is 5.98. The average Bonchev–Trinajstić information content (AvgIpc) is 2.83. The van der Waals surface area contributed by atoms with E-state index >= 15 is 0 Å². The standard InChI is InChI=1S/C27H22N2O2/c1-30-25-14-22-21(13-18-12-20-10-6-7-11-24(20)28-16-18)17-29-27(19-8-4-3-5-9-19)23(22)15-26(25)31-2/h3-12,14-17H,13H2,1-2H3. The molecule has 2 aromatic heterocycles. The summed E-state index contributed by atoms with van der Waals surface area (Å²) < 4.78 is 11.2. The van der Waals surface area contributed by atoms with Crippen molar-refractivity contribution in [2.24, 2.45) is 0 Å². The first kappa shape index (κ1) is 19.1. The lowest BCUT2D eigenvalue weighted by atomic mass is 9.96. The van der Waals surface area contributed by atoms with Gasteiger partial charge in [-0.3, -0.25) is 9.97 Å². The summed E-state index contributed by atoms with van der Waals surface area (Å²) in [5.74, 6) is 1.40. The van der Waals surface area contributed by atoms with Gasteiger partial charge in [0, 0.05) is 35.2 Å². The molecule has 0 fully saturated rings. The molecule has 4 heteroatoms. The number of para-hydroxylation sites is 1. The van der Waals surface area contributed by atoms with Crippen LogP contribution in [0.3, 0.4) is 0 Å². The van der Waals surface area contributed by atoms with E-state index in [0.29, 0.717) is 11.5 Å². The molecule has 0 aliphatic heterocycles. The normalized spacial score (nSPS) is 11.0. The lowest BCUT2D eigenvalue weighted by molar-refractivity contribution is 0.356. The van der Waals surface area contributed by atoms with E-state index in [9.17, 15) is 0 Å². The van der Waals surface area contributed by atoms with Crippen LogP contribution in [0.25, 0.3) is 32.9 Å². The largest absolute Gasteiger partial charge is 0.493 e. The van der Waals surface area contributed by atoms with Crippen molar-refractivity contribution in [3.05, 3.63) is 96.3 Å². The van der Waals surface area contributed by atoms with Crippen LogP contribution in [0.5, 0.6) is 11.5 Å². The summed E-state index contributed by atoms with van der Waals surface area (Å²) in [6, 6.07) is 24.6. The predicted octanol–water partition coefficient (Wildman–Crippen LogP) is 6.06. The summed E-state index contributed by atoms with van der Waals surface area (Å²) in [5.41, 5.74) is 5.26. The number of nitrogens with zero attached hydrogens (tertiary/aromatic N) is 2. The fourth-order valence-corrected chi connectivity index (χ4v) is 4.02. The second kappa shape index (κ2) is 8.07. The van der Waals surface area contributed by atoms with Crippen LogP contribution >= 0.6 is 0 Å². The van der Waals surface area contributed by atoms with Gasteiger partial charge in [-0.25, -0.2) is 0 Å². The molecule has 0 N–H and O–H groups in total. The molecule has 0 atom stereocenters. The monoisotopic (exact) mass is 406 g/mol. The molecule has 2 heterocycles. The van der Waals surface area contributed by atoms with Crippen LogP contribution in [-0.4, -0.2) is 24.2 Å². The van der Waals surface area contributed by atoms with E-state index in [1.807, 2.05) is 60.9 Å². The quantitative estimate of drug-likeness (QED) is 0.356. The third-order valence-corrected chi connectivity index (χ3v) is 5.56. The fourth-order valence-electron chi connectivity index (χ4n) is 4.02. The van der Waals surface area contributed by atoms with Crippen molar-refractivity contribution in [2.75, 3.05) is 14.2 Å². The Labute approximate surface area is 181 Å². The number of hydrogen-bond donors (Lipinski definition) is 0. The summed E-state index contributed by atoms with van der Waals surface area (Å²) in [6.45, 7) is 0. The van der Waals surface area contributed by atoms with E-state index < -0.39 is 0 Å². The van der Waals surface area contributed by atoms with E-state index in [-0.39, 0.29) is 0 Å². The molecule has 0 amide bonds. The van der Waals surface area contributed by atoms with Gasteiger partial charge in [0.2, 0.25) is 0 Å². The molecule has 0 unspecified atom stereocenters. The molecule has 31 heavy (non-hydrogen) atoms. The van der Waals surface area contributed by atoms with Crippen LogP contribution in [-0.2, 0) is 6.42 Å². The Bertz CT molecular complexity index is 1380. The van der Waals surface area contributed by atoms with Gasteiger partial charge in [-0.05, 0) is 40.8 Å². The second-order valence-electron chi connectivity index (χ2n) is 7.46. The van der Waals surface area contributed by atoms with Crippen molar-refractivity contribution in [2.45, 2.75) is 6.42 Å². The fraction of sp³-hybridized carbons (Fsp3) is 0.111. The molecule has 152 valence electrons. The molecular weight excluding hydrogens is 384 g/mol. The molecule has 0 aliphatic rings. The molecule has 0 aliphatic carbocycles. The van der Waals surface area contributed by atoms with Crippen LogP contribution < -0.4 is 9.47 Å². The number of fused-ring (bicyclic) bond motifs is 2. The van der Waals surface area contributed by atoms with Gasteiger partial charge in [0.15, 0.2) is 11.5 Å². The first-order chi connectivity index (χ1) is 15.3. The van der Waals surface area contributed by atoms with Crippen LogP contribution in [0.4, 0.5) is 0 Å². The van der Waals surface area contributed by atoms with Gasteiger partial charge >= 0.3 is 0 Å². The zero-order chi connectivity index (χ0) is 21.2. The summed E-state index contributed by atoms with van der Waals surface area (Å²) in [6.07, 6.45) is 4.64. The SMILES string of the molecule is COc1cc2c(Cc3cnc4ccccc4c3)cnc(-c3ccccc3)c2cc1OC. The number of ether oxygens (including phenoxy) is 2. The van der Waals surface area contributed by atoms with Gasteiger partial charge in [-0.15, -0.1) is 0 Å². The first-order valence-electron chi connectivity index (χ1n) is 10.2. The number of aromatic nitrogens is 2. The van der Waals surface area contributed by atoms with Crippen molar-refractivity contribution >= 4 is 21.7 Å². The van der Waals surface area contributed by atoms with Gasteiger partial charge in [0.25, 0.3) is 0 Å². The summed E-state index contributed by atoms with van der Waals surface area (Å²) >= 11 is 0. The second-order valence-corrected chi connectivity index (χ2v) is 7.46. The highest BCUT2D eigenvalue weighted by atomic mass is 16.5. The minimum atomic E-state index is 0.693. The molecule has 3 aromatic carbocycles. The molecule has 0 saturated carbocycles. The van der Waals surface area contributed by atoms with Gasteiger partial charge in [-0.1, -0.05) is 48.5 Å². The lowest BCUT2D eigenvalue weighted by Gasteiger charge is -2.15. The Kier molecular flexibility index (Phi) is 4.97. The minimum Gasteiger partial charge on any atom is -0.493 e.